The molecule has 0 saturated heterocycles. The number of pyridine rings is 1. The maximum atomic E-state index is 12.5. The molecule has 0 amide bonds. The number of aryl methyl sites for hydroxylation is 1. The Morgan fingerprint density at radius 1 is 1.47 bits per heavy atom. The van der Waals surface area contributed by atoms with Crippen molar-refractivity contribution in [3.05, 3.63) is 22.4 Å². The van der Waals surface area contributed by atoms with E-state index in [1.54, 1.807) is 12.1 Å². The van der Waals surface area contributed by atoms with Gasteiger partial charge in [-0.25, -0.2) is 13.8 Å². The number of ether oxygens (including phenoxy) is 1. The van der Waals surface area contributed by atoms with Gasteiger partial charge in [0, 0.05) is 30.7 Å². The molecule has 0 unspecified atom stereocenters. The maximum absolute atomic E-state index is 12.5. The van der Waals surface area contributed by atoms with Crippen LogP contribution in [0.1, 0.15) is 18.5 Å². The van der Waals surface area contributed by atoms with E-state index in [0.717, 1.165) is 5.69 Å². The molecular weight excluding hydrogens is 268 g/mol. The highest BCUT2D eigenvalue weighted by atomic mass is 79.9. The van der Waals surface area contributed by atoms with E-state index in [2.05, 4.69) is 20.9 Å². The predicted octanol–water partition coefficient (Wildman–Crippen LogP) is 3.33. The zero-order valence-electron chi connectivity index (χ0n) is 8.14. The van der Waals surface area contributed by atoms with Gasteiger partial charge in [0.25, 0.3) is 5.92 Å². The maximum Gasteiger partial charge on any atom is 0.255 e. The normalized spacial score (nSPS) is 19.7. The Kier molecular flexibility index (Phi) is 2.66. The third kappa shape index (κ3) is 2.65. The molecule has 0 radical (unpaired) electrons. The molecule has 0 atom stereocenters. The fourth-order valence-electron chi connectivity index (χ4n) is 1.55. The fourth-order valence-corrected chi connectivity index (χ4v) is 2.05. The Hall–Kier alpha value is -0.710. The molecule has 1 aliphatic carbocycles. The van der Waals surface area contributed by atoms with Crippen molar-refractivity contribution >= 4 is 15.9 Å². The standard InChI is InChI=1S/C10H10BrF2NO/c1-6-2-7(3-9(11)14-6)15-8-4-10(12,13)5-8/h2-3,8H,4-5H2,1H3. The van der Waals surface area contributed by atoms with Crippen LogP contribution in [0.25, 0.3) is 0 Å². The van der Waals surface area contributed by atoms with Crippen LogP contribution in [-0.2, 0) is 0 Å². The lowest BCUT2D eigenvalue weighted by Gasteiger charge is -2.34. The van der Waals surface area contributed by atoms with Crippen LogP contribution in [0.3, 0.4) is 0 Å². The first-order valence-electron chi connectivity index (χ1n) is 4.63. The monoisotopic (exact) mass is 277 g/mol. The molecule has 0 aromatic carbocycles. The summed E-state index contributed by atoms with van der Waals surface area (Å²) < 4.78 is 31.1. The first kappa shape index (κ1) is 10.8. The Balaban J connectivity index is 2.00. The fraction of sp³-hybridized carbons (Fsp3) is 0.500. The summed E-state index contributed by atoms with van der Waals surface area (Å²) in [7, 11) is 0. The summed E-state index contributed by atoms with van der Waals surface area (Å²) in [5, 5.41) is 0. The van der Waals surface area contributed by atoms with Gasteiger partial charge in [-0.2, -0.15) is 0 Å². The van der Waals surface area contributed by atoms with Gasteiger partial charge in [-0.1, -0.05) is 0 Å². The molecular formula is C10H10BrF2NO. The van der Waals surface area contributed by atoms with Crippen molar-refractivity contribution in [2.75, 3.05) is 0 Å². The molecule has 0 N–H and O–H groups in total. The van der Waals surface area contributed by atoms with Gasteiger partial charge in [0.15, 0.2) is 0 Å². The molecule has 15 heavy (non-hydrogen) atoms. The number of hydrogen-bond donors (Lipinski definition) is 0. The molecule has 2 nitrogen and oxygen atoms in total. The first-order valence-corrected chi connectivity index (χ1v) is 5.43. The number of aromatic nitrogens is 1. The van der Waals surface area contributed by atoms with Gasteiger partial charge in [0.2, 0.25) is 0 Å². The van der Waals surface area contributed by atoms with Crippen molar-refractivity contribution in [1.82, 2.24) is 4.98 Å². The van der Waals surface area contributed by atoms with Gasteiger partial charge in [0.05, 0.1) is 0 Å². The average Bonchev–Trinajstić information content (AvgIpc) is 1.97. The van der Waals surface area contributed by atoms with E-state index in [-0.39, 0.29) is 18.9 Å². The molecule has 2 rings (SSSR count). The van der Waals surface area contributed by atoms with Gasteiger partial charge in [-0.3, -0.25) is 0 Å². The lowest BCUT2D eigenvalue weighted by molar-refractivity contribution is -0.134. The second-order valence-electron chi connectivity index (χ2n) is 3.77. The SMILES string of the molecule is Cc1cc(OC2CC(F)(F)C2)cc(Br)n1. The second-order valence-corrected chi connectivity index (χ2v) is 4.58. The van der Waals surface area contributed by atoms with Crippen LogP contribution in [0.4, 0.5) is 8.78 Å². The zero-order chi connectivity index (χ0) is 11.1. The highest BCUT2D eigenvalue weighted by Crippen LogP contribution is 2.39. The van der Waals surface area contributed by atoms with Crippen LogP contribution in [-0.4, -0.2) is 17.0 Å². The van der Waals surface area contributed by atoms with E-state index in [4.69, 9.17) is 4.74 Å². The molecule has 0 spiro atoms. The largest absolute Gasteiger partial charge is 0.490 e. The quantitative estimate of drug-likeness (QED) is 0.774. The number of halogens is 3. The van der Waals surface area contributed by atoms with Crippen molar-refractivity contribution in [1.29, 1.82) is 0 Å². The predicted molar refractivity (Wildman–Crippen MR) is 55.3 cm³/mol. The lowest BCUT2D eigenvalue weighted by Crippen LogP contribution is -2.43. The third-order valence-corrected chi connectivity index (χ3v) is 2.66. The molecule has 5 heteroatoms. The number of rotatable bonds is 2. The molecule has 1 aromatic heterocycles. The Morgan fingerprint density at radius 3 is 2.67 bits per heavy atom. The summed E-state index contributed by atoms with van der Waals surface area (Å²) in [6, 6.07) is 3.42. The molecule has 0 aliphatic heterocycles. The summed E-state index contributed by atoms with van der Waals surface area (Å²) in [6.07, 6.45) is -0.744. The Labute approximate surface area is 94.8 Å². The van der Waals surface area contributed by atoms with Crippen LogP contribution in [0.2, 0.25) is 0 Å². The van der Waals surface area contributed by atoms with E-state index in [1.165, 1.54) is 0 Å². The number of alkyl halides is 2. The highest BCUT2D eigenvalue weighted by Gasteiger charge is 2.46. The van der Waals surface area contributed by atoms with Gasteiger partial charge in [0.1, 0.15) is 16.5 Å². The van der Waals surface area contributed by atoms with E-state index in [9.17, 15) is 8.78 Å². The summed E-state index contributed by atoms with van der Waals surface area (Å²) in [4.78, 5) is 4.10. The van der Waals surface area contributed by atoms with Crippen LogP contribution in [0.15, 0.2) is 16.7 Å². The van der Waals surface area contributed by atoms with Crippen molar-refractivity contribution < 1.29 is 13.5 Å². The third-order valence-electron chi connectivity index (χ3n) is 2.25. The minimum absolute atomic E-state index is 0.189. The second kappa shape index (κ2) is 3.70. The topological polar surface area (TPSA) is 22.1 Å². The van der Waals surface area contributed by atoms with Crippen molar-refractivity contribution in [2.24, 2.45) is 0 Å². The molecule has 82 valence electrons. The molecule has 1 aliphatic rings. The van der Waals surface area contributed by atoms with Crippen molar-refractivity contribution in [2.45, 2.75) is 31.8 Å². The molecule has 1 aromatic rings. The minimum Gasteiger partial charge on any atom is -0.490 e. The molecule has 1 saturated carbocycles. The Morgan fingerprint density at radius 2 is 2.13 bits per heavy atom. The van der Waals surface area contributed by atoms with E-state index in [0.29, 0.717) is 10.4 Å². The number of hydrogen-bond acceptors (Lipinski definition) is 2. The Bertz CT molecular complexity index is 355. The lowest BCUT2D eigenvalue weighted by atomic mass is 9.91. The molecule has 1 fully saturated rings. The highest BCUT2D eigenvalue weighted by molar-refractivity contribution is 9.10. The average molecular weight is 278 g/mol. The van der Waals surface area contributed by atoms with E-state index < -0.39 is 5.92 Å². The molecule has 1 heterocycles. The van der Waals surface area contributed by atoms with E-state index >= 15 is 0 Å². The van der Waals surface area contributed by atoms with Gasteiger partial charge < -0.3 is 4.74 Å². The minimum atomic E-state index is -2.54. The summed E-state index contributed by atoms with van der Waals surface area (Å²) >= 11 is 3.23. The van der Waals surface area contributed by atoms with Gasteiger partial charge >= 0.3 is 0 Å². The summed E-state index contributed by atoms with van der Waals surface area (Å²) in [6.45, 7) is 1.83. The smallest absolute Gasteiger partial charge is 0.255 e. The van der Waals surface area contributed by atoms with Crippen LogP contribution in [0.5, 0.6) is 5.75 Å². The van der Waals surface area contributed by atoms with Crippen LogP contribution in [0, 0.1) is 6.92 Å². The summed E-state index contributed by atoms with van der Waals surface area (Å²) in [5.74, 6) is -1.95. The zero-order valence-corrected chi connectivity index (χ0v) is 9.72. The van der Waals surface area contributed by atoms with E-state index in [1.807, 2.05) is 6.92 Å². The van der Waals surface area contributed by atoms with Crippen molar-refractivity contribution in [3.8, 4) is 5.75 Å². The van der Waals surface area contributed by atoms with Gasteiger partial charge in [-0.05, 0) is 22.9 Å². The van der Waals surface area contributed by atoms with Crippen molar-refractivity contribution in [3.63, 3.8) is 0 Å². The first-order chi connectivity index (χ1) is 6.94. The number of nitrogens with zero attached hydrogens (tertiary/aromatic N) is 1. The van der Waals surface area contributed by atoms with Crippen LogP contribution < -0.4 is 4.74 Å². The van der Waals surface area contributed by atoms with Crippen LogP contribution >= 0.6 is 15.9 Å². The van der Waals surface area contributed by atoms with Gasteiger partial charge in [-0.15, -0.1) is 0 Å². The summed E-state index contributed by atoms with van der Waals surface area (Å²) in [5.41, 5.74) is 0.797. The molecule has 0 bridgehead atoms.